The SMILES string of the molecule is CCCC(C)(Cc1ccc([N+](=O)[O-])cc1[N+](=O)[O-])C(=O)O. The number of rotatable bonds is 7. The average molecular weight is 296 g/mol. The van der Waals surface area contributed by atoms with Crippen LogP contribution in [0.2, 0.25) is 0 Å². The molecule has 114 valence electrons. The Labute approximate surface area is 120 Å². The number of hydrogen-bond donors (Lipinski definition) is 1. The molecular formula is C13H16N2O6. The zero-order valence-electron chi connectivity index (χ0n) is 11.7. The van der Waals surface area contributed by atoms with Crippen LogP contribution in [0.4, 0.5) is 11.4 Å². The minimum absolute atomic E-state index is 0.0511. The highest BCUT2D eigenvalue weighted by Gasteiger charge is 2.35. The van der Waals surface area contributed by atoms with Crippen molar-refractivity contribution >= 4 is 17.3 Å². The molecule has 0 amide bonds. The van der Waals surface area contributed by atoms with Gasteiger partial charge in [0, 0.05) is 11.6 Å². The first-order chi connectivity index (χ1) is 9.71. The van der Waals surface area contributed by atoms with Gasteiger partial charge in [-0.25, -0.2) is 0 Å². The smallest absolute Gasteiger partial charge is 0.309 e. The van der Waals surface area contributed by atoms with Crippen molar-refractivity contribution in [2.75, 3.05) is 0 Å². The minimum atomic E-state index is -1.14. The third-order valence-corrected chi connectivity index (χ3v) is 3.38. The summed E-state index contributed by atoms with van der Waals surface area (Å²) in [7, 11) is 0. The van der Waals surface area contributed by atoms with Crippen LogP contribution in [0.1, 0.15) is 32.3 Å². The molecule has 0 heterocycles. The van der Waals surface area contributed by atoms with E-state index in [0.717, 1.165) is 12.1 Å². The zero-order chi connectivity index (χ0) is 16.2. The van der Waals surface area contributed by atoms with Crippen molar-refractivity contribution in [2.24, 2.45) is 5.41 Å². The maximum atomic E-state index is 11.4. The molecule has 0 saturated carbocycles. The fraction of sp³-hybridized carbons (Fsp3) is 0.462. The molecule has 1 atom stereocenters. The summed E-state index contributed by atoms with van der Waals surface area (Å²) in [5.74, 6) is -1.04. The van der Waals surface area contributed by atoms with E-state index in [0.29, 0.717) is 12.8 Å². The van der Waals surface area contributed by atoms with Crippen molar-refractivity contribution in [3.8, 4) is 0 Å². The number of hydrogen-bond acceptors (Lipinski definition) is 5. The number of nitro groups is 2. The van der Waals surface area contributed by atoms with Gasteiger partial charge in [-0.05, 0) is 25.8 Å². The zero-order valence-corrected chi connectivity index (χ0v) is 11.7. The van der Waals surface area contributed by atoms with E-state index in [1.807, 2.05) is 6.92 Å². The van der Waals surface area contributed by atoms with Crippen molar-refractivity contribution in [2.45, 2.75) is 33.1 Å². The Bertz CT molecular complexity index is 586. The lowest BCUT2D eigenvalue weighted by Crippen LogP contribution is -2.30. The molecule has 21 heavy (non-hydrogen) atoms. The van der Waals surface area contributed by atoms with E-state index in [1.54, 1.807) is 0 Å². The van der Waals surface area contributed by atoms with Crippen LogP contribution in [-0.2, 0) is 11.2 Å². The van der Waals surface area contributed by atoms with Crippen LogP contribution in [0.15, 0.2) is 18.2 Å². The average Bonchev–Trinajstić information content (AvgIpc) is 2.38. The largest absolute Gasteiger partial charge is 0.481 e. The number of carboxylic acid groups (broad SMARTS) is 1. The number of benzene rings is 1. The quantitative estimate of drug-likeness (QED) is 0.609. The molecule has 1 N–H and O–H groups in total. The Morgan fingerprint density at radius 2 is 1.90 bits per heavy atom. The van der Waals surface area contributed by atoms with Gasteiger partial charge in [0.25, 0.3) is 11.4 Å². The second-order valence-electron chi connectivity index (χ2n) is 5.12. The van der Waals surface area contributed by atoms with E-state index in [1.165, 1.54) is 13.0 Å². The first kappa shape index (κ1) is 16.5. The lowest BCUT2D eigenvalue weighted by molar-refractivity contribution is -0.394. The maximum absolute atomic E-state index is 11.4. The molecule has 0 spiro atoms. The van der Waals surface area contributed by atoms with Crippen LogP contribution in [0.25, 0.3) is 0 Å². The summed E-state index contributed by atoms with van der Waals surface area (Å²) in [6.07, 6.45) is 0.921. The van der Waals surface area contributed by atoms with Gasteiger partial charge < -0.3 is 5.11 Å². The number of nitrogens with zero attached hydrogens (tertiary/aromatic N) is 2. The Kier molecular flexibility index (Phi) is 4.96. The van der Waals surface area contributed by atoms with E-state index in [9.17, 15) is 30.1 Å². The van der Waals surface area contributed by atoms with Gasteiger partial charge in [0.1, 0.15) is 0 Å². The molecule has 0 saturated heterocycles. The molecule has 8 nitrogen and oxygen atoms in total. The molecule has 0 aliphatic carbocycles. The Balaban J connectivity index is 3.26. The van der Waals surface area contributed by atoms with Crippen molar-refractivity contribution < 1.29 is 19.7 Å². The topological polar surface area (TPSA) is 124 Å². The van der Waals surface area contributed by atoms with E-state index >= 15 is 0 Å². The third kappa shape index (κ3) is 3.74. The number of aliphatic carboxylic acids is 1. The van der Waals surface area contributed by atoms with Gasteiger partial charge in [0.05, 0.1) is 21.3 Å². The van der Waals surface area contributed by atoms with E-state index in [4.69, 9.17) is 0 Å². The first-order valence-corrected chi connectivity index (χ1v) is 6.36. The molecule has 0 aliphatic rings. The molecule has 1 unspecified atom stereocenters. The standard InChI is InChI=1S/C13H16N2O6/c1-3-6-13(2,12(16)17)8-9-4-5-10(14(18)19)7-11(9)15(20)21/h4-5,7H,3,6,8H2,1-2H3,(H,16,17). The summed E-state index contributed by atoms with van der Waals surface area (Å²) in [6, 6.07) is 3.27. The molecule has 0 fully saturated rings. The molecule has 1 aromatic carbocycles. The van der Waals surface area contributed by atoms with Crippen LogP contribution >= 0.6 is 0 Å². The first-order valence-electron chi connectivity index (χ1n) is 6.36. The predicted molar refractivity (Wildman–Crippen MR) is 74.1 cm³/mol. The van der Waals surface area contributed by atoms with Crippen molar-refractivity contribution in [3.63, 3.8) is 0 Å². The van der Waals surface area contributed by atoms with Crippen LogP contribution in [0, 0.1) is 25.6 Å². The second-order valence-corrected chi connectivity index (χ2v) is 5.12. The Morgan fingerprint density at radius 1 is 1.29 bits per heavy atom. The fourth-order valence-corrected chi connectivity index (χ4v) is 2.23. The summed E-state index contributed by atoms with van der Waals surface area (Å²) in [4.78, 5) is 31.7. The lowest BCUT2D eigenvalue weighted by Gasteiger charge is -2.24. The molecule has 8 heteroatoms. The van der Waals surface area contributed by atoms with Crippen LogP contribution in [0.3, 0.4) is 0 Å². The second kappa shape index (κ2) is 6.29. The number of non-ortho nitro benzene ring substituents is 1. The van der Waals surface area contributed by atoms with Gasteiger partial charge in [-0.15, -0.1) is 0 Å². The summed E-state index contributed by atoms with van der Waals surface area (Å²) in [5.41, 5.74) is -1.77. The minimum Gasteiger partial charge on any atom is -0.481 e. The third-order valence-electron chi connectivity index (χ3n) is 3.38. The van der Waals surface area contributed by atoms with Crippen LogP contribution < -0.4 is 0 Å². The summed E-state index contributed by atoms with van der Waals surface area (Å²) >= 11 is 0. The molecule has 0 radical (unpaired) electrons. The Morgan fingerprint density at radius 3 is 2.33 bits per heavy atom. The molecule has 0 aromatic heterocycles. The van der Waals surface area contributed by atoms with Crippen LogP contribution in [-0.4, -0.2) is 20.9 Å². The van der Waals surface area contributed by atoms with Crippen molar-refractivity contribution in [3.05, 3.63) is 44.0 Å². The number of carboxylic acids is 1. The highest BCUT2D eigenvalue weighted by Crippen LogP contribution is 2.34. The summed E-state index contributed by atoms with van der Waals surface area (Å²) < 4.78 is 0. The summed E-state index contributed by atoms with van der Waals surface area (Å²) in [6.45, 7) is 3.34. The monoisotopic (exact) mass is 296 g/mol. The van der Waals surface area contributed by atoms with Crippen LogP contribution in [0.5, 0.6) is 0 Å². The Hall–Kier alpha value is -2.51. The van der Waals surface area contributed by atoms with Gasteiger partial charge in [0.15, 0.2) is 0 Å². The van der Waals surface area contributed by atoms with E-state index in [-0.39, 0.29) is 12.0 Å². The molecule has 1 aromatic rings. The molecule has 1 rings (SSSR count). The van der Waals surface area contributed by atoms with E-state index in [2.05, 4.69) is 0 Å². The predicted octanol–water partition coefficient (Wildman–Crippen LogP) is 2.94. The van der Waals surface area contributed by atoms with Crippen molar-refractivity contribution in [1.29, 1.82) is 0 Å². The van der Waals surface area contributed by atoms with Gasteiger partial charge in [-0.2, -0.15) is 0 Å². The van der Waals surface area contributed by atoms with Crippen molar-refractivity contribution in [1.82, 2.24) is 0 Å². The molecule has 0 bridgehead atoms. The maximum Gasteiger partial charge on any atom is 0.309 e. The number of nitro benzene ring substituents is 2. The highest BCUT2D eigenvalue weighted by molar-refractivity contribution is 5.75. The fourth-order valence-electron chi connectivity index (χ4n) is 2.23. The van der Waals surface area contributed by atoms with Gasteiger partial charge >= 0.3 is 5.97 Å². The highest BCUT2D eigenvalue weighted by atomic mass is 16.6. The normalized spacial score (nSPS) is 13.4. The number of carbonyl (C=O) groups is 1. The van der Waals surface area contributed by atoms with Gasteiger partial charge in [-0.3, -0.25) is 25.0 Å². The lowest BCUT2D eigenvalue weighted by atomic mass is 9.79. The van der Waals surface area contributed by atoms with Gasteiger partial charge in [-0.1, -0.05) is 13.3 Å². The van der Waals surface area contributed by atoms with E-state index < -0.39 is 32.6 Å². The summed E-state index contributed by atoms with van der Waals surface area (Å²) in [5, 5.41) is 31.0. The molecule has 0 aliphatic heterocycles. The molecular weight excluding hydrogens is 280 g/mol. The van der Waals surface area contributed by atoms with Gasteiger partial charge in [0.2, 0.25) is 0 Å².